The molecular formula is C12H15FN4S. The van der Waals surface area contributed by atoms with Crippen LogP contribution in [0.1, 0.15) is 11.4 Å². The van der Waals surface area contributed by atoms with Gasteiger partial charge in [0.15, 0.2) is 5.16 Å². The first-order valence-electron chi connectivity index (χ1n) is 5.58. The largest absolute Gasteiger partial charge is 0.316 e. The quantitative estimate of drug-likeness (QED) is 0.920. The molecule has 2 rings (SSSR count). The Morgan fingerprint density at radius 1 is 1.33 bits per heavy atom. The highest BCUT2D eigenvalue weighted by Gasteiger charge is 2.08. The van der Waals surface area contributed by atoms with E-state index in [0.717, 1.165) is 21.4 Å². The van der Waals surface area contributed by atoms with Gasteiger partial charge in [0.1, 0.15) is 11.6 Å². The maximum absolute atomic E-state index is 13.5. The number of aromatic nitrogens is 3. The fourth-order valence-electron chi connectivity index (χ4n) is 1.57. The highest BCUT2D eigenvalue weighted by Crippen LogP contribution is 2.27. The van der Waals surface area contributed by atoms with E-state index in [1.165, 1.54) is 23.9 Å². The zero-order valence-electron chi connectivity index (χ0n) is 10.6. The number of halogens is 1. The molecule has 1 N–H and O–H groups in total. The highest BCUT2D eigenvalue weighted by atomic mass is 32.2. The van der Waals surface area contributed by atoms with Crippen LogP contribution in [0.4, 0.5) is 4.39 Å². The van der Waals surface area contributed by atoms with Crippen LogP contribution in [0.25, 0.3) is 0 Å². The van der Waals surface area contributed by atoms with Crippen molar-refractivity contribution >= 4 is 11.8 Å². The molecule has 0 fully saturated rings. The minimum absolute atomic E-state index is 0.232. The fraction of sp³-hybridized carbons (Fsp3) is 0.333. The summed E-state index contributed by atoms with van der Waals surface area (Å²) in [6.07, 6.45) is 0. The highest BCUT2D eigenvalue weighted by molar-refractivity contribution is 7.99. The predicted molar refractivity (Wildman–Crippen MR) is 69.0 cm³/mol. The molecule has 0 aliphatic heterocycles. The smallest absolute Gasteiger partial charge is 0.195 e. The van der Waals surface area contributed by atoms with Gasteiger partial charge >= 0.3 is 0 Å². The predicted octanol–water partition coefficient (Wildman–Crippen LogP) is 2.13. The lowest BCUT2D eigenvalue weighted by Crippen LogP contribution is -2.05. The van der Waals surface area contributed by atoms with Crippen molar-refractivity contribution in [3.05, 3.63) is 35.4 Å². The molecule has 0 spiro atoms. The van der Waals surface area contributed by atoms with Crippen LogP contribution < -0.4 is 5.32 Å². The molecule has 96 valence electrons. The molecule has 0 radical (unpaired) electrons. The number of nitrogens with zero attached hydrogens (tertiary/aromatic N) is 3. The average Bonchev–Trinajstić information content (AvgIpc) is 2.61. The standard InChI is InChI=1S/C12H15FN4S/c1-8-15-16-12(17(8)3)18-11-5-9(7-14-2)4-10(13)6-11/h4-6,14H,7H2,1-3H3. The number of rotatable bonds is 4. The summed E-state index contributed by atoms with van der Waals surface area (Å²) in [5, 5.41) is 11.8. The van der Waals surface area contributed by atoms with Crippen LogP contribution in [-0.2, 0) is 13.6 Å². The topological polar surface area (TPSA) is 42.7 Å². The van der Waals surface area contributed by atoms with Crippen LogP contribution >= 0.6 is 11.8 Å². The third-order valence-electron chi connectivity index (χ3n) is 2.57. The Balaban J connectivity index is 2.26. The Hall–Kier alpha value is -1.40. The van der Waals surface area contributed by atoms with Gasteiger partial charge in [-0.15, -0.1) is 10.2 Å². The van der Waals surface area contributed by atoms with Gasteiger partial charge in [-0.25, -0.2) is 4.39 Å². The normalized spacial score (nSPS) is 10.9. The van der Waals surface area contributed by atoms with Gasteiger partial charge in [-0.05, 0) is 49.5 Å². The minimum atomic E-state index is -0.232. The van der Waals surface area contributed by atoms with E-state index < -0.39 is 0 Å². The third kappa shape index (κ3) is 2.88. The first-order valence-corrected chi connectivity index (χ1v) is 6.39. The van der Waals surface area contributed by atoms with Crippen LogP contribution in [0.5, 0.6) is 0 Å². The molecule has 1 heterocycles. The second kappa shape index (κ2) is 5.49. The van der Waals surface area contributed by atoms with Crippen LogP contribution in [-0.4, -0.2) is 21.8 Å². The lowest BCUT2D eigenvalue weighted by atomic mass is 10.2. The Labute approximate surface area is 110 Å². The third-order valence-corrected chi connectivity index (χ3v) is 3.58. The van der Waals surface area contributed by atoms with E-state index in [4.69, 9.17) is 0 Å². The number of benzene rings is 1. The maximum Gasteiger partial charge on any atom is 0.195 e. The van der Waals surface area contributed by atoms with Gasteiger partial charge in [0.05, 0.1) is 0 Å². The molecule has 0 aliphatic carbocycles. The summed E-state index contributed by atoms with van der Waals surface area (Å²) in [5.41, 5.74) is 0.916. The second-order valence-corrected chi connectivity index (χ2v) is 5.06. The maximum atomic E-state index is 13.5. The van der Waals surface area contributed by atoms with Gasteiger partial charge in [-0.1, -0.05) is 0 Å². The zero-order valence-corrected chi connectivity index (χ0v) is 11.4. The van der Waals surface area contributed by atoms with Crippen molar-refractivity contribution in [3.63, 3.8) is 0 Å². The van der Waals surface area contributed by atoms with E-state index in [0.29, 0.717) is 6.54 Å². The van der Waals surface area contributed by atoms with E-state index >= 15 is 0 Å². The zero-order chi connectivity index (χ0) is 13.1. The van der Waals surface area contributed by atoms with Gasteiger partial charge < -0.3 is 9.88 Å². The van der Waals surface area contributed by atoms with Crippen molar-refractivity contribution in [2.45, 2.75) is 23.5 Å². The summed E-state index contributed by atoms with van der Waals surface area (Å²) in [6, 6.07) is 4.99. The number of aryl methyl sites for hydroxylation is 1. The van der Waals surface area contributed by atoms with Crippen molar-refractivity contribution in [1.82, 2.24) is 20.1 Å². The van der Waals surface area contributed by atoms with E-state index in [2.05, 4.69) is 15.5 Å². The molecule has 6 heteroatoms. The van der Waals surface area contributed by atoms with Crippen molar-refractivity contribution in [3.8, 4) is 0 Å². The fourth-order valence-corrected chi connectivity index (χ4v) is 2.51. The monoisotopic (exact) mass is 266 g/mol. The van der Waals surface area contributed by atoms with Gasteiger partial charge in [0.25, 0.3) is 0 Å². The lowest BCUT2D eigenvalue weighted by Gasteiger charge is -2.05. The summed E-state index contributed by atoms with van der Waals surface area (Å²) >= 11 is 1.41. The molecule has 18 heavy (non-hydrogen) atoms. The summed E-state index contributed by atoms with van der Waals surface area (Å²) in [7, 11) is 3.73. The second-order valence-electron chi connectivity index (χ2n) is 4.02. The SMILES string of the molecule is CNCc1cc(F)cc(Sc2nnc(C)n2C)c1. The van der Waals surface area contributed by atoms with Gasteiger partial charge in [0.2, 0.25) is 0 Å². The van der Waals surface area contributed by atoms with Gasteiger partial charge in [0, 0.05) is 18.5 Å². The lowest BCUT2D eigenvalue weighted by molar-refractivity contribution is 0.619. The number of nitrogens with one attached hydrogen (secondary N) is 1. The van der Waals surface area contributed by atoms with Crippen molar-refractivity contribution < 1.29 is 4.39 Å². The molecule has 0 unspecified atom stereocenters. The molecule has 1 aromatic carbocycles. The Bertz CT molecular complexity index is 553. The number of hydrogen-bond donors (Lipinski definition) is 1. The van der Waals surface area contributed by atoms with E-state index in [1.807, 2.05) is 31.7 Å². The Morgan fingerprint density at radius 2 is 2.11 bits per heavy atom. The molecule has 4 nitrogen and oxygen atoms in total. The van der Waals surface area contributed by atoms with E-state index in [9.17, 15) is 4.39 Å². The van der Waals surface area contributed by atoms with Crippen molar-refractivity contribution in [1.29, 1.82) is 0 Å². The van der Waals surface area contributed by atoms with Gasteiger partial charge in [-0.3, -0.25) is 0 Å². The molecule has 0 bridgehead atoms. The molecule has 0 amide bonds. The molecule has 1 aromatic heterocycles. The first-order chi connectivity index (χ1) is 8.60. The Kier molecular flexibility index (Phi) is 3.98. The molecular weight excluding hydrogens is 251 g/mol. The van der Waals surface area contributed by atoms with Crippen molar-refractivity contribution in [2.75, 3.05) is 7.05 Å². The first kappa shape index (κ1) is 13.0. The Morgan fingerprint density at radius 3 is 2.72 bits per heavy atom. The minimum Gasteiger partial charge on any atom is -0.316 e. The molecule has 2 aromatic rings. The number of hydrogen-bond acceptors (Lipinski definition) is 4. The van der Waals surface area contributed by atoms with E-state index in [-0.39, 0.29) is 5.82 Å². The summed E-state index contributed by atoms with van der Waals surface area (Å²) in [6.45, 7) is 2.53. The van der Waals surface area contributed by atoms with Gasteiger partial charge in [-0.2, -0.15) is 0 Å². The molecule has 0 saturated heterocycles. The summed E-state index contributed by atoms with van der Waals surface area (Å²) in [5.74, 6) is 0.605. The van der Waals surface area contributed by atoms with Crippen LogP contribution in [0, 0.1) is 12.7 Å². The van der Waals surface area contributed by atoms with Crippen LogP contribution in [0.15, 0.2) is 28.3 Å². The summed E-state index contributed by atoms with van der Waals surface area (Å²) in [4.78, 5) is 0.829. The molecule has 0 atom stereocenters. The molecule has 0 aliphatic rings. The van der Waals surface area contributed by atoms with E-state index in [1.54, 1.807) is 0 Å². The average molecular weight is 266 g/mol. The van der Waals surface area contributed by atoms with Crippen LogP contribution in [0.3, 0.4) is 0 Å². The van der Waals surface area contributed by atoms with Crippen LogP contribution in [0.2, 0.25) is 0 Å². The van der Waals surface area contributed by atoms with Crippen molar-refractivity contribution in [2.24, 2.45) is 7.05 Å². The molecule has 0 saturated carbocycles. The summed E-state index contributed by atoms with van der Waals surface area (Å²) < 4.78 is 15.4.